The lowest BCUT2D eigenvalue weighted by Crippen LogP contribution is -2.31. The highest BCUT2D eigenvalue weighted by Gasteiger charge is 2.15. The van der Waals surface area contributed by atoms with Crippen LogP contribution >= 0.6 is 15.9 Å². The van der Waals surface area contributed by atoms with Gasteiger partial charge in [-0.25, -0.2) is 9.18 Å². The van der Waals surface area contributed by atoms with Gasteiger partial charge in [0.1, 0.15) is 5.82 Å². The van der Waals surface area contributed by atoms with Gasteiger partial charge in [0, 0.05) is 4.47 Å². The maximum absolute atomic E-state index is 13.0. The van der Waals surface area contributed by atoms with Gasteiger partial charge in [0.2, 0.25) is 0 Å². The molecule has 2 aromatic rings. The van der Waals surface area contributed by atoms with Crippen molar-refractivity contribution in [2.24, 2.45) is 0 Å². The smallest absolute Gasteiger partial charge is 0.289 e. The van der Waals surface area contributed by atoms with Gasteiger partial charge in [-0.1, -0.05) is 22.0 Å². The topological polar surface area (TPSA) is 98.0 Å². The fourth-order valence-corrected chi connectivity index (χ4v) is 2.05. The van der Waals surface area contributed by atoms with Gasteiger partial charge in [0.25, 0.3) is 0 Å². The lowest BCUT2D eigenvalue weighted by molar-refractivity contribution is -0.386. The van der Waals surface area contributed by atoms with Crippen LogP contribution < -0.4 is 11.2 Å². The molecule has 0 aliphatic rings. The summed E-state index contributed by atoms with van der Waals surface area (Å²) in [4.78, 5) is 34.5. The first-order valence-corrected chi connectivity index (χ1v) is 6.10. The summed E-state index contributed by atoms with van der Waals surface area (Å²) in [5.41, 5.74) is -2.04. The number of benzene rings is 1. The van der Waals surface area contributed by atoms with Gasteiger partial charge in [-0.05, 0) is 17.7 Å². The fraction of sp³-hybridized carbons (Fsp3) is 0.0909. The molecule has 20 heavy (non-hydrogen) atoms. The van der Waals surface area contributed by atoms with Crippen molar-refractivity contribution in [2.45, 2.75) is 6.54 Å². The first kappa shape index (κ1) is 14.1. The molecule has 0 aliphatic carbocycles. The number of aromatic nitrogens is 2. The number of nitrogens with zero attached hydrogens (tertiary/aromatic N) is 2. The van der Waals surface area contributed by atoms with E-state index in [0.29, 0.717) is 10.0 Å². The van der Waals surface area contributed by atoms with E-state index in [0.717, 1.165) is 10.8 Å². The Morgan fingerprint density at radius 1 is 1.40 bits per heavy atom. The second-order valence-corrected chi connectivity index (χ2v) is 4.75. The summed E-state index contributed by atoms with van der Waals surface area (Å²) in [7, 11) is 0. The normalized spacial score (nSPS) is 10.5. The van der Waals surface area contributed by atoms with Crippen LogP contribution in [0.1, 0.15) is 5.56 Å². The molecule has 1 aromatic carbocycles. The molecule has 1 heterocycles. The summed E-state index contributed by atoms with van der Waals surface area (Å²) in [5.74, 6) is -0.458. The van der Waals surface area contributed by atoms with Crippen LogP contribution in [0.4, 0.5) is 10.1 Å². The van der Waals surface area contributed by atoms with Crippen LogP contribution in [-0.2, 0) is 6.54 Å². The maximum atomic E-state index is 13.0. The van der Waals surface area contributed by atoms with Crippen LogP contribution in [0.25, 0.3) is 0 Å². The fourth-order valence-electron chi connectivity index (χ4n) is 1.58. The molecule has 7 nitrogen and oxygen atoms in total. The second-order valence-electron chi connectivity index (χ2n) is 3.89. The number of rotatable bonds is 3. The summed E-state index contributed by atoms with van der Waals surface area (Å²) < 4.78 is 14.3. The third-order valence-electron chi connectivity index (χ3n) is 2.54. The van der Waals surface area contributed by atoms with Crippen molar-refractivity contribution in [3.63, 3.8) is 0 Å². The molecule has 0 unspecified atom stereocenters. The van der Waals surface area contributed by atoms with Gasteiger partial charge in [0.05, 0.1) is 17.7 Å². The van der Waals surface area contributed by atoms with Gasteiger partial charge in [0.15, 0.2) is 0 Å². The minimum Gasteiger partial charge on any atom is -0.289 e. The highest BCUT2D eigenvalue weighted by atomic mass is 79.9. The van der Waals surface area contributed by atoms with E-state index < -0.39 is 27.7 Å². The highest BCUT2D eigenvalue weighted by Crippen LogP contribution is 2.18. The zero-order chi connectivity index (χ0) is 14.9. The number of nitrogens with one attached hydrogen (secondary N) is 1. The third-order valence-corrected chi connectivity index (χ3v) is 3.28. The standard InChI is InChI=1S/C11H7BrFN3O4/c12-8-3-7(13)2-1-6(8)4-15-5-9(16(19)20)10(17)14-11(15)18/h1-3,5H,4H2,(H,14,17,18). The van der Waals surface area contributed by atoms with E-state index in [-0.39, 0.29) is 6.54 Å². The maximum Gasteiger partial charge on any atom is 0.350 e. The molecule has 0 saturated heterocycles. The van der Waals surface area contributed by atoms with E-state index >= 15 is 0 Å². The van der Waals surface area contributed by atoms with Crippen molar-refractivity contribution in [1.29, 1.82) is 0 Å². The summed E-state index contributed by atoms with van der Waals surface area (Å²) in [5, 5.41) is 10.7. The van der Waals surface area contributed by atoms with Crippen molar-refractivity contribution < 1.29 is 9.31 Å². The Hall–Kier alpha value is -2.29. The van der Waals surface area contributed by atoms with Crippen molar-refractivity contribution in [2.75, 3.05) is 0 Å². The first-order chi connectivity index (χ1) is 9.38. The Balaban J connectivity index is 2.48. The third kappa shape index (κ3) is 2.82. The average Bonchev–Trinajstić information content (AvgIpc) is 2.35. The average molecular weight is 344 g/mol. The molecule has 1 N–H and O–H groups in total. The summed E-state index contributed by atoms with van der Waals surface area (Å²) >= 11 is 3.13. The van der Waals surface area contributed by atoms with E-state index in [2.05, 4.69) is 15.9 Å². The highest BCUT2D eigenvalue weighted by molar-refractivity contribution is 9.10. The number of aromatic amines is 1. The molecule has 0 spiro atoms. The van der Waals surface area contributed by atoms with Crippen LogP contribution in [0.3, 0.4) is 0 Å². The molecular formula is C11H7BrFN3O4. The summed E-state index contributed by atoms with van der Waals surface area (Å²) in [6.07, 6.45) is 0.858. The summed E-state index contributed by atoms with van der Waals surface area (Å²) in [6, 6.07) is 3.84. The molecule has 0 bridgehead atoms. The van der Waals surface area contributed by atoms with Crippen LogP contribution in [0.2, 0.25) is 0 Å². The SMILES string of the molecule is O=c1[nH]c(=O)n(Cc2ccc(F)cc2Br)cc1[N+](=O)[O-]. The molecule has 0 atom stereocenters. The minimum atomic E-state index is -1.06. The van der Waals surface area contributed by atoms with Crippen molar-refractivity contribution in [3.05, 3.63) is 71.2 Å². The van der Waals surface area contributed by atoms with Crippen molar-refractivity contribution in [3.8, 4) is 0 Å². The largest absolute Gasteiger partial charge is 0.350 e. The Labute approximate surface area is 119 Å². The lowest BCUT2D eigenvalue weighted by atomic mass is 10.2. The molecule has 0 fully saturated rings. The zero-order valence-corrected chi connectivity index (χ0v) is 11.4. The lowest BCUT2D eigenvalue weighted by Gasteiger charge is -2.07. The van der Waals surface area contributed by atoms with Crippen molar-refractivity contribution in [1.82, 2.24) is 9.55 Å². The van der Waals surface area contributed by atoms with Crippen LogP contribution in [0, 0.1) is 15.9 Å². The first-order valence-electron chi connectivity index (χ1n) is 5.30. The van der Waals surface area contributed by atoms with Crippen LogP contribution in [0.15, 0.2) is 38.5 Å². The predicted octanol–water partition coefficient (Wildman–Crippen LogP) is 1.39. The molecule has 0 amide bonds. The molecule has 0 aliphatic heterocycles. The molecule has 0 radical (unpaired) electrons. The number of hydrogen-bond donors (Lipinski definition) is 1. The number of nitro groups is 1. The molecule has 104 valence electrons. The molecule has 9 heteroatoms. The second kappa shape index (κ2) is 5.37. The van der Waals surface area contributed by atoms with E-state index in [4.69, 9.17) is 0 Å². The van der Waals surface area contributed by atoms with Gasteiger partial charge in [-0.3, -0.25) is 24.5 Å². The Morgan fingerprint density at radius 2 is 2.10 bits per heavy atom. The molecule has 1 aromatic heterocycles. The zero-order valence-electron chi connectivity index (χ0n) is 9.80. The number of H-pyrrole nitrogens is 1. The quantitative estimate of drug-likeness (QED) is 0.672. The van der Waals surface area contributed by atoms with Gasteiger partial charge in [-0.2, -0.15) is 0 Å². The predicted molar refractivity (Wildman–Crippen MR) is 71.2 cm³/mol. The van der Waals surface area contributed by atoms with Crippen molar-refractivity contribution >= 4 is 21.6 Å². The van der Waals surface area contributed by atoms with E-state index in [1.54, 1.807) is 0 Å². The van der Waals surface area contributed by atoms with Crippen LogP contribution in [0.5, 0.6) is 0 Å². The number of hydrogen-bond acceptors (Lipinski definition) is 4. The molecular weight excluding hydrogens is 337 g/mol. The number of halogens is 2. The van der Waals surface area contributed by atoms with Gasteiger partial charge >= 0.3 is 16.9 Å². The monoisotopic (exact) mass is 343 g/mol. The Kier molecular flexibility index (Phi) is 3.79. The minimum absolute atomic E-state index is 0.0443. The van der Waals surface area contributed by atoms with E-state index in [1.807, 2.05) is 4.98 Å². The van der Waals surface area contributed by atoms with E-state index in [9.17, 15) is 24.1 Å². The summed E-state index contributed by atoms with van der Waals surface area (Å²) in [6.45, 7) is -0.0443. The van der Waals surface area contributed by atoms with Gasteiger partial charge < -0.3 is 0 Å². The Bertz CT molecular complexity index is 799. The van der Waals surface area contributed by atoms with Crippen LogP contribution in [-0.4, -0.2) is 14.5 Å². The molecule has 2 rings (SSSR count). The molecule has 0 saturated carbocycles. The van der Waals surface area contributed by atoms with Gasteiger partial charge in [-0.15, -0.1) is 0 Å². The Morgan fingerprint density at radius 3 is 2.70 bits per heavy atom. The van der Waals surface area contributed by atoms with E-state index in [1.165, 1.54) is 18.2 Å².